The predicted molar refractivity (Wildman–Crippen MR) is 50.6 cm³/mol. The third-order valence-corrected chi connectivity index (χ3v) is 2.35. The lowest BCUT2D eigenvalue weighted by Gasteiger charge is -1.98. The number of aliphatic hydroxyl groups is 1. The van der Waals surface area contributed by atoms with Crippen LogP contribution in [0.25, 0.3) is 5.65 Å². The lowest BCUT2D eigenvalue weighted by atomic mass is 10.3. The fourth-order valence-corrected chi connectivity index (χ4v) is 1.43. The van der Waals surface area contributed by atoms with Gasteiger partial charge in [0.25, 0.3) is 0 Å². The van der Waals surface area contributed by atoms with Crippen LogP contribution < -0.4 is 0 Å². The van der Waals surface area contributed by atoms with Crippen LogP contribution >= 0.6 is 0 Å². The summed E-state index contributed by atoms with van der Waals surface area (Å²) in [4.78, 5) is 4.37. The Labute approximate surface area is 76.7 Å². The maximum absolute atomic E-state index is 8.94. The summed E-state index contributed by atoms with van der Waals surface area (Å²) in [5, 5.41) is 8.94. The SMILES string of the molecule is Cc1nc2cc(CO)ccn2c1C. The van der Waals surface area contributed by atoms with Crippen molar-refractivity contribution in [2.45, 2.75) is 20.5 Å². The quantitative estimate of drug-likeness (QED) is 0.714. The second kappa shape index (κ2) is 2.85. The molecule has 0 atom stereocenters. The van der Waals surface area contributed by atoms with Crippen molar-refractivity contribution in [2.75, 3.05) is 0 Å². The van der Waals surface area contributed by atoms with E-state index < -0.39 is 0 Å². The molecule has 0 unspecified atom stereocenters. The summed E-state index contributed by atoms with van der Waals surface area (Å²) in [5.74, 6) is 0. The maximum atomic E-state index is 8.94. The van der Waals surface area contributed by atoms with Crippen LogP contribution in [0.3, 0.4) is 0 Å². The summed E-state index contributed by atoms with van der Waals surface area (Å²) in [7, 11) is 0. The van der Waals surface area contributed by atoms with Crippen molar-refractivity contribution in [3.8, 4) is 0 Å². The first-order valence-electron chi connectivity index (χ1n) is 4.27. The first-order valence-corrected chi connectivity index (χ1v) is 4.27. The van der Waals surface area contributed by atoms with E-state index in [9.17, 15) is 0 Å². The number of hydrogen-bond donors (Lipinski definition) is 1. The van der Waals surface area contributed by atoms with E-state index in [1.165, 1.54) is 0 Å². The Bertz CT molecular complexity index is 445. The van der Waals surface area contributed by atoms with E-state index >= 15 is 0 Å². The fraction of sp³-hybridized carbons (Fsp3) is 0.300. The first-order chi connectivity index (χ1) is 6.22. The largest absolute Gasteiger partial charge is 0.392 e. The van der Waals surface area contributed by atoms with Crippen molar-refractivity contribution in [1.29, 1.82) is 0 Å². The van der Waals surface area contributed by atoms with Gasteiger partial charge in [0.2, 0.25) is 0 Å². The highest BCUT2D eigenvalue weighted by molar-refractivity contribution is 5.45. The minimum absolute atomic E-state index is 0.0709. The normalized spacial score (nSPS) is 11.0. The van der Waals surface area contributed by atoms with E-state index in [2.05, 4.69) is 4.98 Å². The Hall–Kier alpha value is -1.35. The van der Waals surface area contributed by atoms with E-state index in [0.29, 0.717) is 0 Å². The van der Waals surface area contributed by atoms with Crippen molar-refractivity contribution in [1.82, 2.24) is 9.38 Å². The molecule has 0 radical (unpaired) electrons. The molecule has 0 saturated carbocycles. The molecule has 0 aliphatic heterocycles. The number of aliphatic hydroxyl groups excluding tert-OH is 1. The van der Waals surface area contributed by atoms with Crippen LogP contribution in [-0.4, -0.2) is 14.5 Å². The third-order valence-electron chi connectivity index (χ3n) is 2.35. The van der Waals surface area contributed by atoms with Gasteiger partial charge >= 0.3 is 0 Å². The molecule has 2 aromatic rings. The fourth-order valence-electron chi connectivity index (χ4n) is 1.43. The zero-order valence-electron chi connectivity index (χ0n) is 7.78. The summed E-state index contributed by atoms with van der Waals surface area (Å²) >= 11 is 0. The van der Waals surface area contributed by atoms with Gasteiger partial charge in [-0.15, -0.1) is 0 Å². The number of rotatable bonds is 1. The van der Waals surface area contributed by atoms with Crippen LogP contribution in [0.5, 0.6) is 0 Å². The molecule has 2 heterocycles. The van der Waals surface area contributed by atoms with Gasteiger partial charge in [0.1, 0.15) is 5.65 Å². The second-order valence-electron chi connectivity index (χ2n) is 3.20. The van der Waals surface area contributed by atoms with Gasteiger partial charge in [-0.2, -0.15) is 0 Å². The minimum atomic E-state index is 0.0709. The summed E-state index contributed by atoms with van der Waals surface area (Å²) in [6, 6.07) is 3.81. The van der Waals surface area contributed by atoms with Gasteiger partial charge in [0.05, 0.1) is 12.3 Å². The highest BCUT2D eigenvalue weighted by Gasteiger charge is 2.03. The molecule has 68 valence electrons. The number of hydrogen-bond acceptors (Lipinski definition) is 2. The maximum Gasteiger partial charge on any atom is 0.137 e. The van der Waals surface area contributed by atoms with Crippen molar-refractivity contribution < 1.29 is 5.11 Å². The minimum Gasteiger partial charge on any atom is -0.392 e. The number of fused-ring (bicyclic) bond motifs is 1. The molecule has 0 aliphatic carbocycles. The summed E-state index contributed by atoms with van der Waals surface area (Å²) in [5.41, 5.74) is 3.99. The highest BCUT2D eigenvalue weighted by atomic mass is 16.3. The van der Waals surface area contributed by atoms with Crippen molar-refractivity contribution in [2.24, 2.45) is 0 Å². The zero-order chi connectivity index (χ0) is 9.42. The van der Waals surface area contributed by atoms with E-state index in [4.69, 9.17) is 5.11 Å². The number of aryl methyl sites for hydroxylation is 2. The Morgan fingerprint density at radius 2 is 2.23 bits per heavy atom. The Morgan fingerprint density at radius 1 is 1.46 bits per heavy atom. The van der Waals surface area contributed by atoms with Crippen LogP contribution in [0, 0.1) is 13.8 Å². The Balaban J connectivity index is 2.73. The van der Waals surface area contributed by atoms with Gasteiger partial charge in [0, 0.05) is 11.9 Å². The second-order valence-corrected chi connectivity index (χ2v) is 3.20. The molecule has 0 saturated heterocycles. The monoisotopic (exact) mass is 176 g/mol. The molecule has 1 N–H and O–H groups in total. The predicted octanol–water partition coefficient (Wildman–Crippen LogP) is 1.44. The molecule has 3 heteroatoms. The summed E-state index contributed by atoms with van der Waals surface area (Å²) in [6.45, 7) is 4.09. The van der Waals surface area contributed by atoms with Crippen molar-refractivity contribution in [3.63, 3.8) is 0 Å². The Kier molecular flexibility index (Phi) is 1.81. The van der Waals surface area contributed by atoms with Gasteiger partial charge in [-0.25, -0.2) is 4.98 Å². The van der Waals surface area contributed by atoms with E-state index in [-0.39, 0.29) is 6.61 Å². The topological polar surface area (TPSA) is 37.5 Å². The zero-order valence-corrected chi connectivity index (χ0v) is 7.78. The summed E-state index contributed by atoms with van der Waals surface area (Å²) in [6.07, 6.45) is 1.94. The van der Waals surface area contributed by atoms with E-state index in [1.54, 1.807) is 0 Å². The molecule has 0 amide bonds. The number of pyridine rings is 1. The average Bonchev–Trinajstić information content (AvgIpc) is 2.42. The van der Waals surface area contributed by atoms with Gasteiger partial charge in [-0.05, 0) is 31.5 Å². The molecule has 0 spiro atoms. The van der Waals surface area contributed by atoms with Crippen LogP contribution in [0.15, 0.2) is 18.3 Å². The first kappa shape index (κ1) is 8.26. The number of imidazole rings is 1. The lowest BCUT2D eigenvalue weighted by molar-refractivity contribution is 0.282. The smallest absolute Gasteiger partial charge is 0.137 e. The van der Waals surface area contributed by atoms with Gasteiger partial charge < -0.3 is 9.51 Å². The molecule has 0 fully saturated rings. The van der Waals surface area contributed by atoms with Crippen LogP contribution in [0.1, 0.15) is 17.0 Å². The van der Waals surface area contributed by atoms with Crippen molar-refractivity contribution >= 4 is 5.65 Å². The molecule has 3 nitrogen and oxygen atoms in total. The van der Waals surface area contributed by atoms with Gasteiger partial charge in [0.15, 0.2) is 0 Å². The molecule has 2 rings (SSSR count). The molecule has 0 aromatic carbocycles. The highest BCUT2D eigenvalue weighted by Crippen LogP contribution is 2.12. The van der Waals surface area contributed by atoms with Gasteiger partial charge in [-0.1, -0.05) is 0 Å². The van der Waals surface area contributed by atoms with Crippen LogP contribution in [0.4, 0.5) is 0 Å². The molecule has 0 bridgehead atoms. The van der Waals surface area contributed by atoms with Gasteiger partial charge in [-0.3, -0.25) is 0 Å². The molecule has 0 aliphatic rings. The third kappa shape index (κ3) is 1.21. The molecule has 13 heavy (non-hydrogen) atoms. The number of aromatic nitrogens is 2. The van der Waals surface area contributed by atoms with Crippen LogP contribution in [0.2, 0.25) is 0 Å². The molecular formula is C10H12N2O. The number of nitrogens with zero attached hydrogens (tertiary/aromatic N) is 2. The molecule has 2 aromatic heterocycles. The Morgan fingerprint density at radius 3 is 2.92 bits per heavy atom. The lowest BCUT2D eigenvalue weighted by Crippen LogP contribution is -1.90. The standard InChI is InChI=1S/C10H12N2O/c1-7-8(2)12-4-3-9(6-13)5-10(12)11-7/h3-5,13H,6H2,1-2H3. The van der Waals surface area contributed by atoms with E-state index in [1.807, 2.05) is 36.6 Å². The molecular weight excluding hydrogens is 164 g/mol. The van der Waals surface area contributed by atoms with Crippen LogP contribution in [-0.2, 0) is 6.61 Å². The average molecular weight is 176 g/mol. The summed E-state index contributed by atoms with van der Waals surface area (Å²) < 4.78 is 2.02. The van der Waals surface area contributed by atoms with E-state index in [0.717, 1.165) is 22.6 Å². The van der Waals surface area contributed by atoms with Crippen molar-refractivity contribution in [3.05, 3.63) is 35.3 Å².